The summed E-state index contributed by atoms with van der Waals surface area (Å²) in [7, 11) is 3.60. The van der Waals surface area contributed by atoms with Crippen molar-refractivity contribution in [2.75, 3.05) is 11.9 Å². The molecule has 0 saturated heterocycles. The highest BCUT2D eigenvalue weighted by Gasteiger charge is 2.16. The highest BCUT2D eigenvalue weighted by molar-refractivity contribution is 5.87. The Balaban J connectivity index is 2.47. The molecular weight excluding hydrogens is 273 g/mol. The fraction of sp³-hybridized carbons (Fsp3) is 0.200. The molecule has 0 spiro atoms. The van der Waals surface area contributed by atoms with E-state index in [0.717, 1.165) is 23.3 Å². The van der Waals surface area contributed by atoms with Crippen LogP contribution in [0.3, 0.4) is 0 Å². The first-order chi connectivity index (χ1) is 9.90. The lowest BCUT2D eigenvalue weighted by Crippen LogP contribution is -2.14. The van der Waals surface area contributed by atoms with Gasteiger partial charge in [0.2, 0.25) is 0 Å². The summed E-state index contributed by atoms with van der Waals surface area (Å²) in [6.45, 7) is 1.81. The van der Waals surface area contributed by atoms with Gasteiger partial charge in [-0.2, -0.15) is 5.10 Å². The number of benzene rings is 1. The van der Waals surface area contributed by atoms with Gasteiger partial charge in [0.15, 0.2) is 0 Å². The highest BCUT2D eigenvalue weighted by atomic mass is 19.1. The van der Waals surface area contributed by atoms with Crippen LogP contribution in [0.2, 0.25) is 0 Å². The van der Waals surface area contributed by atoms with Crippen LogP contribution in [0.4, 0.5) is 15.9 Å². The van der Waals surface area contributed by atoms with E-state index in [-0.39, 0.29) is 5.82 Å². The SMILES string of the molecule is Cc1nn(C)c(N(C)c2ccc(F)cc2)c1C=CC(=O)O. The summed E-state index contributed by atoms with van der Waals surface area (Å²) in [4.78, 5) is 12.5. The standard InChI is InChI=1S/C15H16FN3O2/c1-10-13(8-9-14(20)21)15(19(3)17-10)18(2)12-6-4-11(16)5-7-12/h4-9H,1-3H3,(H,20,21). The summed E-state index contributed by atoms with van der Waals surface area (Å²) < 4.78 is 14.7. The van der Waals surface area contributed by atoms with Crippen LogP contribution in [-0.4, -0.2) is 27.9 Å². The van der Waals surface area contributed by atoms with Gasteiger partial charge in [0.05, 0.1) is 5.69 Å². The molecule has 5 nitrogen and oxygen atoms in total. The number of halogens is 1. The quantitative estimate of drug-likeness (QED) is 0.879. The van der Waals surface area contributed by atoms with Crippen LogP contribution >= 0.6 is 0 Å². The summed E-state index contributed by atoms with van der Waals surface area (Å²) in [6, 6.07) is 6.06. The lowest BCUT2D eigenvalue weighted by Gasteiger charge is -2.20. The lowest BCUT2D eigenvalue weighted by molar-refractivity contribution is -0.131. The molecule has 0 aliphatic rings. The van der Waals surface area contributed by atoms with Crippen molar-refractivity contribution in [2.24, 2.45) is 7.05 Å². The molecule has 1 N–H and O–H groups in total. The minimum absolute atomic E-state index is 0.306. The number of rotatable bonds is 4. The molecule has 2 rings (SSSR count). The maximum atomic E-state index is 13.0. The van der Waals surface area contributed by atoms with Gasteiger partial charge in [-0.25, -0.2) is 9.18 Å². The van der Waals surface area contributed by atoms with Gasteiger partial charge in [0.1, 0.15) is 11.6 Å². The van der Waals surface area contributed by atoms with Crippen molar-refractivity contribution in [2.45, 2.75) is 6.92 Å². The largest absolute Gasteiger partial charge is 0.478 e. The third-order valence-electron chi connectivity index (χ3n) is 3.16. The number of hydrogen-bond donors (Lipinski definition) is 1. The van der Waals surface area contributed by atoms with Crippen LogP contribution in [0.25, 0.3) is 6.08 Å². The Morgan fingerprint density at radius 2 is 2.00 bits per heavy atom. The molecule has 1 aromatic heterocycles. The number of carboxylic acids is 1. The monoisotopic (exact) mass is 289 g/mol. The van der Waals surface area contributed by atoms with Crippen molar-refractivity contribution >= 4 is 23.6 Å². The van der Waals surface area contributed by atoms with Gasteiger partial charge in [0, 0.05) is 31.4 Å². The second-order valence-electron chi connectivity index (χ2n) is 4.65. The predicted octanol–water partition coefficient (Wildman–Crippen LogP) is 2.73. The molecule has 6 heteroatoms. The van der Waals surface area contributed by atoms with Crippen molar-refractivity contribution < 1.29 is 14.3 Å². The van der Waals surface area contributed by atoms with Gasteiger partial charge in [-0.1, -0.05) is 0 Å². The molecule has 1 heterocycles. The van der Waals surface area contributed by atoms with Gasteiger partial charge in [-0.05, 0) is 37.3 Å². The number of aromatic nitrogens is 2. The number of carboxylic acid groups (broad SMARTS) is 1. The van der Waals surface area contributed by atoms with E-state index < -0.39 is 5.97 Å². The normalized spacial score (nSPS) is 11.0. The third kappa shape index (κ3) is 3.10. The first kappa shape index (κ1) is 14.8. The van der Waals surface area contributed by atoms with Gasteiger partial charge >= 0.3 is 5.97 Å². The molecule has 110 valence electrons. The molecule has 0 radical (unpaired) electrons. The number of aryl methyl sites for hydroxylation is 2. The molecule has 0 unspecified atom stereocenters. The zero-order chi connectivity index (χ0) is 15.6. The maximum absolute atomic E-state index is 13.0. The lowest BCUT2D eigenvalue weighted by atomic mass is 10.2. The molecule has 1 aromatic carbocycles. The van der Waals surface area contributed by atoms with Crippen molar-refractivity contribution in [3.8, 4) is 0 Å². The van der Waals surface area contributed by atoms with E-state index in [0.29, 0.717) is 5.56 Å². The third-order valence-corrected chi connectivity index (χ3v) is 3.16. The predicted molar refractivity (Wildman–Crippen MR) is 79.1 cm³/mol. The van der Waals surface area contributed by atoms with Gasteiger partial charge in [-0.15, -0.1) is 0 Å². The smallest absolute Gasteiger partial charge is 0.328 e. The van der Waals surface area contributed by atoms with E-state index in [1.54, 1.807) is 23.9 Å². The number of hydrogen-bond acceptors (Lipinski definition) is 3. The molecule has 0 fully saturated rings. The Bertz CT molecular complexity index is 690. The van der Waals surface area contributed by atoms with E-state index in [9.17, 15) is 9.18 Å². The maximum Gasteiger partial charge on any atom is 0.328 e. The van der Waals surface area contributed by atoms with Crippen molar-refractivity contribution in [1.82, 2.24) is 9.78 Å². The zero-order valence-electron chi connectivity index (χ0n) is 12.0. The average molecular weight is 289 g/mol. The molecule has 21 heavy (non-hydrogen) atoms. The van der Waals surface area contributed by atoms with E-state index in [4.69, 9.17) is 5.11 Å². The number of nitrogens with zero attached hydrogens (tertiary/aromatic N) is 3. The van der Waals surface area contributed by atoms with Gasteiger partial charge in [-0.3, -0.25) is 4.68 Å². The molecule has 2 aromatic rings. The molecule has 0 amide bonds. The van der Waals surface area contributed by atoms with E-state index in [2.05, 4.69) is 5.10 Å². The minimum Gasteiger partial charge on any atom is -0.478 e. The average Bonchev–Trinajstić information content (AvgIpc) is 2.70. The fourth-order valence-electron chi connectivity index (χ4n) is 2.20. The van der Waals surface area contributed by atoms with E-state index in [1.165, 1.54) is 18.2 Å². The molecule has 0 aliphatic heterocycles. The summed E-state index contributed by atoms with van der Waals surface area (Å²) >= 11 is 0. The van der Waals surface area contributed by atoms with Gasteiger partial charge in [0.25, 0.3) is 0 Å². The second-order valence-corrected chi connectivity index (χ2v) is 4.65. The summed E-state index contributed by atoms with van der Waals surface area (Å²) in [5.41, 5.74) is 2.22. The van der Waals surface area contributed by atoms with Crippen LogP contribution < -0.4 is 4.90 Å². The Hall–Kier alpha value is -2.63. The van der Waals surface area contributed by atoms with Crippen molar-refractivity contribution in [3.63, 3.8) is 0 Å². The Labute approximate surface area is 121 Å². The fourth-order valence-corrected chi connectivity index (χ4v) is 2.20. The number of aliphatic carboxylic acids is 1. The number of anilines is 2. The summed E-state index contributed by atoms with van der Waals surface area (Å²) in [5.74, 6) is -0.593. The van der Waals surface area contributed by atoms with Crippen LogP contribution in [0.5, 0.6) is 0 Å². The highest BCUT2D eigenvalue weighted by Crippen LogP contribution is 2.29. The zero-order valence-corrected chi connectivity index (χ0v) is 12.0. The van der Waals surface area contributed by atoms with Crippen LogP contribution in [0.1, 0.15) is 11.3 Å². The second kappa shape index (κ2) is 5.78. The molecule has 0 saturated carbocycles. The van der Waals surface area contributed by atoms with Crippen molar-refractivity contribution in [3.05, 3.63) is 47.4 Å². The van der Waals surface area contributed by atoms with Crippen LogP contribution in [0, 0.1) is 12.7 Å². The molecular formula is C15H16FN3O2. The first-order valence-corrected chi connectivity index (χ1v) is 6.34. The minimum atomic E-state index is -1.02. The van der Waals surface area contributed by atoms with Crippen LogP contribution in [-0.2, 0) is 11.8 Å². The Kier molecular flexibility index (Phi) is 4.07. The summed E-state index contributed by atoms with van der Waals surface area (Å²) in [5, 5.41) is 13.1. The molecule has 0 aliphatic carbocycles. The summed E-state index contributed by atoms with van der Waals surface area (Å²) in [6.07, 6.45) is 2.59. The van der Waals surface area contributed by atoms with Crippen LogP contribution in [0.15, 0.2) is 30.3 Å². The van der Waals surface area contributed by atoms with Gasteiger partial charge < -0.3 is 10.0 Å². The topological polar surface area (TPSA) is 58.4 Å². The Morgan fingerprint density at radius 1 is 1.38 bits per heavy atom. The van der Waals surface area contributed by atoms with E-state index >= 15 is 0 Å². The molecule has 0 atom stereocenters. The first-order valence-electron chi connectivity index (χ1n) is 6.34. The molecule has 0 bridgehead atoms. The Morgan fingerprint density at radius 3 is 2.57 bits per heavy atom. The van der Waals surface area contributed by atoms with E-state index in [1.807, 2.05) is 18.9 Å². The van der Waals surface area contributed by atoms with Crippen molar-refractivity contribution in [1.29, 1.82) is 0 Å². The number of carbonyl (C=O) groups is 1.